The first-order valence-corrected chi connectivity index (χ1v) is 10.4. The van der Waals surface area contributed by atoms with Gasteiger partial charge in [0.1, 0.15) is 0 Å². The average molecular weight is 387 g/mol. The average Bonchev–Trinajstić information content (AvgIpc) is 2.71. The lowest BCUT2D eigenvalue weighted by Gasteiger charge is -2.28. The van der Waals surface area contributed by atoms with Crippen LogP contribution >= 0.6 is 0 Å². The summed E-state index contributed by atoms with van der Waals surface area (Å²) < 4.78 is 29.4. The van der Waals surface area contributed by atoms with E-state index in [4.69, 9.17) is 4.74 Å². The normalized spacial score (nSPS) is 13.7. The lowest BCUT2D eigenvalue weighted by molar-refractivity contribution is -0.135. The third-order valence-electron chi connectivity index (χ3n) is 4.63. The summed E-state index contributed by atoms with van der Waals surface area (Å²) in [5.41, 5.74) is 2.26. The van der Waals surface area contributed by atoms with Crippen LogP contribution in [-0.4, -0.2) is 44.1 Å². The summed E-state index contributed by atoms with van der Waals surface area (Å²) in [7, 11) is -3.56. The van der Waals surface area contributed by atoms with E-state index < -0.39 is 22.4 Å². The number of sulfone groups is 1. The zero-order valence-electron chi connectivity index (χ0n) is 15.1. The highest BCUT2D eigenvalue weighted by Gasteiger charge is 2.24. The molecule has 0 spiro atoms. The minimum atomic E-state index is -3.56. The minimum Gasteiger partial charge on any atom is -0.452 e. The van der Waals surface area contributed by atoms with Gasteiger partial charge < -0.3 is 9.64 Å². The Labute approximate surface area is 158 Å². The molecule has 27 heavy (non-hydrogen) atoms. The molecule has 0 N–H and O–H groups in total. The van der Waals surface area contributed by atoms with Crippen LogP contribution in [0, 0.1) is 0 Å². The van der Waals surface area contributed by atoms with Crippen LogP contribution in [0.2, 0.25) is 0 Å². The van der Waals surface area contributed by atoms with Gasteiger partial charge in [-0.3, -0.25) is 4.79 Å². The molecule has 1 aliphatic rings. The molecule has 1 amide bonds. The molecular formula is C20H21NO5S. The standard InChI is InChI=1S/C20H21NO5S/c1-2-27(24,25)18-10-6-5-9-17(18)20(23)26-14-19(22)21-12-11-15-7-3-4-8-16(15)13-21/h3-10H,2,11-14H2,1H3. The fourth-order valence-electron chi connectivity index (χ4n) is 3.07. The predicted octanol–water partition coefficient (Wildman–Crippen LogP) is 2.22. The monoisotopic (exact) mass is 387 g/mol. The molecule has 2 aromatic carbocycles. The second-order valence-electron chi connectivity index (χ2n) is 6.31. The molecule has 0 saturated heterocycles. The summed E-state index contributed by atoms with van der Waals surface area (Å²) in [6.07, 6.45) is 0.757. The van der Waals surface area contributed by atoms with Gasteiger partial charge in [0.25, 0.3) is 5.91 Å². The van der Waals surface area contributed by atoms with Crippen molar-refractivity contribution in [1.29, 1.82) is 0 Å². The molecule has 7 heteroatoms. The quantitative estimate of drug-likeness (QED) is 0.735. The van der Waals surface area contributed by atoms with Crippen molar-refractivity contribution in [2.24, 2.45) is 0 Å². The Balaban J connectivity index is 1.66. The number of carbonyl (C=O) groups excluding carboxylic acids is 2. The highest BCUT2D eigenvalue weighted by Crippen LogP contribution is 2.20. The molecule has 0 aliphatic carbocycles. The number of fused-ring (bicyclic) bond motifs is 1. The molecule has 0 aromatic heterocycles. The van der Waals surface area contributed by atoms with Gasteiger partial charge in [-0.1, -0.05) is 43.3 Å². The number of rotatable bonds is 5. The number of carbonyl (C=O) groups is 2. The molecule has 0 fully saturated rings. The molecule has 2 aromatic rings. The molecule has 3 rings (SSSR count). The number of benzene rings is 2. The van der Waals surface area contributed by atoms with Crippen molar-refractivity contribution in [3.63, 3.8) is 0 Å². The topological polar surface area (TPSA) is 80.7 Å². The van der Waals surface area contributed by atoms with Gasteiger partial charge in [-0.25, -0.2) is 13.2 Å². The summed E-state index contributed by atoms with van der Waals surface area (Å²) >= 11 is 0. The van der Waals surface area contributed by atoms with Gasteiger partial charge in [-0.05, 0) is 29.7 Å². The SMILES string of the molecule is CCS(=O)(=O)c1ccccc1C(=O)OCC(=O)N1CCc2ccccc2C1. The first kappa shape index (κ1) is 19.1. The Morgan fingerprint density at radius 1 is 1.04 bits per heavy atom. The van der Waals surface area contributed by atoms with Gasteiger partial charge in [0.2, 0.25) is 0 Å². The predicted molar refractivity (Wildman–Crippen MR) is 100 cm³/mol. The first-order valence-electron chi connectivity index (χ1n) is 8.76. The van der Waals surface area contributed by atoms with Crippen molar-refractivity contribution in [1.82, 2.24) is 4.90 Å². The number of esters is 1. The maximum atomic E-state index is 12.4. The third-order valence-corrected chi connectivity index (χ3v) is 6.42. The number of amides is 1. The maximum Gasteiger partial charge on any atom is 0.339 e. The molecule has 6 nitrogen and oxygen atoms in total. The van der Waals surface area contributed by atoms with E-state index in [0.717, 1.165) is 12.0 Å². The third kappa shape index (κ3) is 4.19. The maximum absolute atomic E-state index is 12.4. The van der Waals surface area contributed by atoms with E-state index in [1.807, 2.05) is 24.3 Å². The van der Waals surface area contributed by atoms with Crippen LogP contribution in [0.1, 0.15) is 28.4 Å². The summed E-state index contributed by atoms with van der Waals surface area (Å²) in [5, 5.41) is 0. The van der Waals surface area contributed by atoms with Crippen molar-refractivity contribution < 1.29 is 22.7 Å². The van der Waals surface area contributed by atoms with E-state index >= 15 is 0 Å². The van der Waals surface area contributed by atoms with E-state index in [1.54, 1.807) is 17.0 Å². The van der Waals surface area contributed by atoms with Gasteiger partial charge >= 0.3 is 5.97 Å². The van der Waals surface area contributed by atoms with Gasteiger partial charge in [0, 0.05) is 13.1 Å². The molecule has 0 saturated carbocycles. The number of hydrogen-bond acceptors (Lipinski definition) is 5. The fraction of sp³-hybridized carbons (Fsp3) is 0.300. The molecular weight excluding hydrogens is 366 g/mol. The second kappa shape index (κ2) is 7.92. The van der Waals surface area contributed by atoms with E-state index in [0.29, 0.717) is 13.1 Å². The Kier molecular flexibility index (Phi) is 5.60. The van der Waals surface area contributed by atoms with Crippen LogP contribution in [0.25, 0.3) is 0 Å². The number of hydrogen-bond donors (Lipinski definition) is 0. The zero-order valence-corrected chi connectivity index (χ0v) is 15.9. The fourth-order valence-corrected chi connectivity index (χ4v) is 4.15. The van der Waals surface area contributed by atoms with Crippen LogP contribution in [0.5, 0.6) is 0 Å². The van der Waals surface area contributed by atoms with Gasteiger partial charge in [-0.2, -0.15) is 0 Å². The summed E-state index contributed by atoms with van der Waals surface area (Å²) in [4.78, 5) is 26.3. The Morgan fingerprint density at radius 2 is 1.70 bits per heavy atom. The van der Waals surface area contributed by atoms with E-state index in [9.17, 15) is 18.0 Å². The summed E-state index contributed by atoms with van der Waals surface area (Å²) in [6.45, 7) is 2.14. The van der Waals surface area contributed by atoms with Crippen LogP contribution in [0.3, 0.4) is 0 Å². The van der Waals surface area contributed by atoms with Crippen molar-refractivity contribution in [2.45, 2.75) is 24.8 Å². The molecule has 1 heterocycles. The Hall–Kier alpha value is -2.67. The van der Waals surface area contributed by atoms with Crippen LogP contribution in [-0.2, 0) is 32.3 Å². The lowest BCUT2D eigenvalue weighted by atomic mass is 10.00. The molecule has 142 valence electrons. The largest absolute Gasteiger partial charge is 0.452 e. The van der Waals surface area contributed by atoms with Crippen LogP contribution < -0.4 is 0 Å². The van der Waals surface area contributed by atoms with Crippen molar-refractivity contribution in [2.75, 3.05) is 18.9 Å². The van der Waals surface area contributed by atoms with Crippen LogP contribution in [0.15, 0.2) is 53.4 Å². The van der Waals surface area contributed by atoms with E-state index in [2.05, 4.69) is 0 Å². The van der Waals surface area contributed by atoms with E-state index in [1.165, 1.54) is 24.6 Å². The van der Waals surface area contributed by atoms with Crippen molar-refractivity contribution >= 4 is 21.7 Å². The van der Waals surface area contributed by atoms with Crippen molar-refractivity contribution in [3.05, 3.63) is 65.2 Å². The molecule has 0 radical (unpaired) electrons. The number of ether oxygens (including phenoxy) is 1. The highest BCUT2D eigenvalue weighted by atomic mass is 32.2. The number of nitrogens with zero attached hydrogens (tertiary/aromatic N) is 1. The van der Waals surface area contributed by atoms with E-state index in [-0.39, 0.29) is 22.1 Å². The smallest absolute Gasteiger partial charge is 0.339 e. The van der Waals surface area contributed by atoms with Gasteiger partial charge in [-0.15, -0.1) is 0 Å². The molecule has 0 unspecified atom stereocenters. The van der Waals surface area contributed by atoms with Crippen molar-refractivity contribution in [3.8, 4) is 0 Å². The lowest BCUT2D eigenvalue weighted by Crippen LogP contribution is -2.38. The Morgan fingerprint density at radius 3 is 2.44 bits per heavy atom. The summed E-state index contributed by atoms with van der Waals surface area (Å²) in [5.74, 6) is -1.23. The van der Waals surface area contributed by atoms with Gasteiger partial charge in [0.15, 0.2) is 16.4 Å². The summed E-state index contributed by atoms with van der Waals surface area (Å²) in [6, 6.07) is 13.8. The van der Waals surface area contributed by atoms with Gasteiger partial charge in [0.05, 0.1) is 16.2 Å². The molecule has 0 bridgehead atoms. The molecule has 1 aliphatic heterocycles. The second-order valence-corrected chi connectivity index (χ2v) is 8.56. The van der Waals surface area contributed by atoms with Crippen LogP contribution in [0.4, 0.5) is 0 Å². The zero-order chi connectivity index (χ0) is 19.4. The first-order chi connectivity index (χ1) is 12.9. The molecule has 0 atom stereocenters. The minimum absolute atomic E-state index is 0.0452. The Bertz CT molecular complexity index is 968. The highest BCUT2D eigenvalue weighted by molar-refractivity contribution is 7.91.